The third-order valence-corrected chi connectivity index (χ3v) is 3.42. The number of hydrogen-bond acceptors (Lipinski definition) is 5. The second kappa shape index (κ2) is 10.1. The van der Waals surface area contributed by atoms with E-state index < -0.39 is 21.1 Å². The summed E-state index contributed by atoms with van der Waals surface area (Å²) in [5, 5.41) is 2.52. The molecule has 0 spiro atoms. The van der Waals surface area contributed by atoms with Gasteiger partial charge >= 0.3 is 5.97 Å². The number of nitrogens with one attached hydrogen (secondary N) is 1. The van der Waals surface area contributed by atoms with Crippen LogP contribution in [0.5, 0.6) is 0 Å². The van der Waals surface area contributed by atoms with E-state index in [1.807, 2.05) is 27.7 Å². The Balaban J connectivity index is 4.48. The molecule has 1 unspecified atom stereocenters. The van der Waals surface area contributed by atoms with Gasteiger partial charge in [0.2, 0.25) is 5.91 Å². The molecule has 0 radical (unpaired) electrons. The predicted molar refractivity (Wildman–Crippen MR) is 78.3 cm³/mol. The van der Waals surface area contributed by atoms with Gasteiger partial charge in [-0.15, -0.1) is 0 Å². The minimum Gasteiger partial charge on any atom is -0.461 e. The Morgan fingerprint density at radius 1 is 1.10 bits per heavy atom. The number of amides is 1. The number of hydrogen-bond donors (Lipinski definition) is 2. The molecule has 6 nitrogen and oxygen atoms in total. The van der Waals surface area contributed by atoms with Crippen LogP contribution >= 0.6 is 9.03 Å². The smallest absolute Gasteiger partial charge is 0.308 e. The van der Waals surface area contributed by atoms with E-state index in [0.717, 1.165) is 0 Å². The van der Waals surface area contributed by atoms with Crippen LogP contribution in [0.4, 0.5) is 0 Å². The Morgan fingerprint density at radius 2 is 1.65 bits per heavy atom. The van der Waals surface area contributed by atoms with Crippen LogP contribution in [0.15, 0.2) is 0 Å². The summed E-state index contributed by atoms with van der Waals surface area (Å²) in [6, 6.07) is 0. The second-order valence-corrected chi connectivity index (χ2v) is 5.76. The first-order valence-electron chi connectivity index (χ1n) is 6.76. The Kier molecular flexibility index (Phi) is 9.72. The van der Waals surface area contributed by atoms with Gasteiger partial charge in [-0.1, -0.05) is 27.7 Å². The van der Waals surface area contributed by atoms with Gasteiger partial charge in [-0.3, -0.25) is 9.59 Å². The highest BCUT2D eigenvalue weighted by Gasteiger charge is 2.25. The average molecular weight is 307 g/mol. The van der Waals surface area contributed by atoms with Gasteiger partial charge in [-0.25, -0.2) is 0 Å². The van der Waals surface area contributed by atoms with Crippen molar-refractivity contribution in [3.05, 3.63) is 0 Å². The number of carbonyl (C=O) groups is 2. The minimum absolute atomic E-state index is 0.0504. The SMILES string of the molecule is CNC(=O)C[C@H](OC(=O)C[C@H](OPO)C(C)C)C(C)C. The molecule has 0 heterocycles. The van der Waals surface area contributed by atoms with Gasteiger partial charge < -0.3 is 19.5 Å². The van der Waals surface area contributed by atoms with Crippen molar-refractivity contribution in [2.75, 3.05) is 7.05 Å². The number of esters is 1. The van der Waals surface area contributed by atoms with Crippen molar-refractivity contribution in [1.82, 2.24) is 5.32 Å². The highest BCUT2D eigenvalue weighted by molar-refractivity contribution is 7.25. The van der Waals surface area contributed by atoms with Crippen molar-refractivity contribution in [1.29, 1.82) is 0 Å². The molecule has 0 aliphatic heterocycles. The molecule has 0 aromatic heterocycles. The lowest BCUT2D eigenvalue weighted by Gasteiger charge is -2.23. The normalized spacial score (nSPS) is 14.8. The Hall–Kier alpha value is -0.710. The molecule has 1 amide bonds. The zero-order valence-corrected chi connectivity index (χ0v) is 13.8. The highest BCUT2D eigenvalue weighted by Crippen LogP contribution is 2.21. The van der Waals surface area contributed by atoms with Crippen LogP contribution in [0, 0.1) is 11.8 Å². The molecule has 0 rings (SSSR count). The summed E-state index contributed by atoms with van der Waals surface area (Å²) < 4.78 is 10.5. The first kappa shape index (κ1) is 19.3. The summed E-state index contributed by atoms with van der Waals surface area (Å²) >= 11 is 0. The molecular formula is C13H26NO5P. The monoisotopic (exact) mass is 307 g/mol. The third kappa shape index (κ3) is 7.78. The first-order chi connectivity index (χ1) is 9.31. The molecule has 0 aromatic carbocycles. The fourth-order valence-electron chi connectivity index (χ4n) is 1.56. The maximum absolute atomic E-state index is 11.9. The van der Waals surface area contributed by atoms with E-state index in [1.54, 1.807) is 7.05 Å². The van der Waals surface area contributed by atoms with E-state index in [4.69, 9.17) is 14.2 Å². The molecular weight excluding hydrogens is 281 g/mol. The molecule has 0 saturated heterocycles. The summed E-state index contributed by atoms with van der Waals surface area (Å²) in [6.07, 6.45) is -0.609. The topological polar surface area (TPSA) is 84.9 Å². The summed E-state index contributed by atoms with van der Waals surface area (Å²) in [5.41, 5.74) is 0. The highest BCUT2D eigenvalue weighted by atomic mass is 31.1. The summed E-state index contributed by atoms with van der Waals surface area (Å²) in [6.45, 7) is 7.60. The van der Waals surface area contributed by atoms with Crippen LogP contribution in [0.2, 0.25) is 0 Å². The number of carbonyl (C=O) groups excluding carboxylic acids is 2. The fourth-order valence-corrected chi connectivity index (χ4v) is 2.05. The van der Waals surface area contributed by atoms with Gasteiger partial charge in [0, 0.05) is 7.05 Å². The molecule has 0 saturated carbocycles. The molecule has 3 atom stereocenters. The van der Waals surface area contributed by atoms with Gasteiger partial charge in [-0.05, 0) is 11.8 Å². The van der Waals surface area contributed by atoms with Gasteiger partial charge in [0.05, 0.1) is 18.9 Å². The van der Waals surface area contributed by atoms with E-state index in [9.17, 15) is 9.59 Å². The van der Waals surface area contributed by atoms with Crippen molar-refractivity contribution < 1.29 is 23.7 Å². The molecule has 0 aliphatic rings. The lowest BCUT2D eigenvalue weighted by Crippen LogP contribution is -2.32. The Bertz CT molecular complexity index is 309. The van der Waals surface area contributed by atoms with Crippen LogP contribution in [-0.2, 0) is 18.8 Å². The zero-order valence-electron chi connectivity index (χ0n) is 12.8. The third-order valence-electron chi connectivity index (χ3n) is 3.01. The summed E-state index contributed by atoms with van der Waals surface area (Å²) in [5.74, 6) is -0.428. The largest absolute Gasteiger partial charge is 0.461 e. The Labute approximate surface area is 122 Å². The Morgan fingerprint density at radius 3 is 2.05 bits per heavy atom. The number of ether oxygens (including phenoxy) is 1. The molecule has 7 heteroatoms. The van der Waals surface area contributed by atoms with Gasteiger partial charge in [0.1, 0.15) is 6.10 Å². The van der Waals surface area contributed by atoms with E-state index >= 15 is 0 Å². The van der Waals surface area contributed by atoms with E-state index in [-0.39, 0.29) is 36.7 Å². The second-order valence-electron chi connectivity index (χ2n) is 5.35. The van der Waals surface area contributed by atoms with Crippen LogP contribution in [0.1, 0.15) is 40.5 Å². The van der Waals surface area contributed by atoms with Crippen LogP contribution in [0.3, 0.4) is 0 Å². The van der Waals surface area contributed by atoms with Crippen molar-refractivity contribution in [3.63, 3.8) is 0 Å². The minimum atomic E-state index is -0.654. The van der Waals surface area contributed by atoms with Crippen molar-refractivity contribution in [3.8, 4) is 0 Å². The van der Waals surface area contributed by atoms with Crippen molar-refractivity contribution >= 4 is 20.9 Å². The quantitative estimate of drug-likeness (QED) is 0.499. The van der Waals surface area contributed by atoms with Gasteiger partial charge in [0.25, 0.3) is 0 Å². The van der Waals surface area contributed by atoms with Crippen molar-refractivity contribution in [2.24, 2.45) is 11.8 Å². The van der Waals surface area contributed by atoms with E-state index in [1.165, 1.54) is 0 Å². The predicted octanol–water partition coefficient (Wildman–Crippen LogP) is 1.62. The van der Waals surface area contributed by atoms with Crippen LogP contribution in [-0.4, -0.2) is 36.0 Å². The molecule has 2 N–H and O–H groups in total. The lowest BCUT2D eigenvalue weighted by molar-refractivity contribution is -0.155. The maximum Gasteiger partial charge on any atom is 0.308 e. The van der Waals surface area contributed by atoms with E-state index in [0.29, 0.717) is 0 Å². The first-order valence-corrected chi connectivity index (χ1v) is 7.62. The van der Waals surface area contributed by atoms with Gasteiger partial charge in [-0.2, -0.15) is 0 Å². The summed E-state index contributed by atoms with van der Waals surface area (Å²) in [4.78, 5) is 32.1. The average Bonchev–Trinajstić information content (AvgIpc) is 2.36. The molecule has 0 aromatic rings. The lowest BCUT2D eigenvalue weighted by atomic mass is 10.0. The maximum atomic E-state index is 11.9. The van der Waals surface area contributed by atoms with Gasteiger partial charge in [0.15, 0.2) is 9.03 Å². The van der Waals surface area contributed by atoms with Crippen molar-refractivity contribution in [2.45, 2.75) is 52.7 Å². The zero-order chi connectivity index (χ0) is 15.7. The number of rotatable bonds is 9. The van der Waals surface area contributed by atoms with E-state index in [2.05, 4.69) is 5.32 Å². The van der Waals surface area contributed by atoms with Crippen LogP contribution < -0.4 is 5.32 Å². The van der Waals surface area contributed by atoms with Crippen LogP contribution in [0.25, 0.3) is 0 Å². The molecule has 0 bridgehead atoms. The molecule has 118 valence electrons. The molecule has 20 heavy (non-hydrogen) atoms. The standard InChI is InChI=1S/C13H26NO5P/c1-8(2)10(6-12(15)14-5)18-13(16)7-11(9(3)4)19-20-17/h8-11,17,20H,6-7H2,1-5H3,(H,14,15)/t10-,11-/m0/s1. The molecule has 0 aliphatic carbocycles. The summed E-state index contributed by atoms with van der Waals surface area (Å²) in [7, 11) is 0.894. The fraction of sp³-hybridized carbons (Fsp3) is 0.846. The molecule has 0 fully saturated rings.